The Bertz CT molecular complexity index is 1030. The second kappa shape index (κ2) is 5.20. The predicted molar refractivity (Wildman–Crippen MR) is 89.8 cm³/mol. The van der Waals surface area contributed by atoms with Gasteiger partial charge in [-0.25, -0.2) is 9.50 Å². The summed E-state index contributed by atoms with van der Waals surface area (Å²) in [6.07, 6.45) is 1.86. The van der Waals surface area contributed by atoms with Gasteiger partial charge in [0.05, 0.1) is 17.9 Å². The zero-order chi connectivity index (χ0) is 16.0. The van der Waals surface area contributed by atoms with Crippen molar-refractivity contribution in [1.29, 1.82) is 0 Å². The first-order valence-electron chi connectivity index (χ1n) is 7.29. The SMILES string of the molecule is Cc1nn2c(CNC(=O)c3ccc4cc[nH]c4c3)c(C)nc2s1. The lowest BCUT2D eigenvalue weighted by Gasteiger charge is -2.05. The number of aromatic nitrogens is 4. The Labute approximate surface area is 136 Å². The average Bonchev–Trinajstić information content (AvgIpc) is 3.19. The molecule has 23 heavy (non-hydrogen) atoms. The number of benzene rings is 1. The van der Waals surface area contributed by atoms with E-state index in [0.717, 1.165) is 32.3 Å². The van der Waals surface area contributed by atoms with Crippen LogP contribution in [0.5, 0.6) is 0 Å². The lowest BCUT2D eigenvalue weighted by atomic mass is 10.1. The van der Waals surface area contributed by atoms with Gasteiger partial charge in [-0.3, -0.25) is 4.79 Å². The lowest BCUT2D eigenvalue weighted by Crippen LogP contribution is -2.24. The van der Waals surface area contributed by atoms with E-state index in [2.05, 4.69) is 20.4 Å². The maximum absolute atomic E-state index is 12.4. The molecule has 116 valence electrons. The van der Waals surface area contributed by atoms with Gasteiger partial charge in [0.1, 0.15) is 5.01 Å². The number of fused-ring (bicyclic) bond motifs is 2. The maximum Gasteiger partial charge on any atom is 0.251 e. The van der Waals surface area contributed by atoms with Crippen molar-refractivity contribution in [3.05, 3.63) is 52.4 Å². The zero-order valence-corrected chi connectivity index (χ0v) is 13.6. The van der Waals surface area contributed by atoms with Crippen LogP contribution in [0, 0.1) is 13.8 Å². The van der Waals surface area contributed by atoms with Gasteiger partial charge in [-0.2, -0.15) is 5.10 Å². The Hall–Kier alpha value is -2.67. The molecule has 3 heterocycles. The highest BCUT2D eigenvalue weighted by Gasteiger charge is 2.14. The van der Waals surface area contributed by atoms with Gasteiger partial charge in [-0.15, -0.1) is 0 Å². The average molecular weight is 325 g/mol. The summed E-state index contributed by atoms with van der Waals surface area (Å²) in [7, 11) is 0. The van der Waals surface area contributed by atoms with Crippen molar-refractivity contribution in [1.82, 2.24) is 24.9 Å². The quantitative estimate of drug-likeness (QED) is 0.608. The number of hydrogen-bond donors (Lipinski definition) is 2. The fourth-order valence-electron chi connectivity index (χ4n) is 2.64. The molecule has 0 fully saturated rings. The molecule has 0 aliphatic rings. The lowest BCUT2D eigenvalue weighted by molar-refractivity contribution is 0.0950. The van der Waals surface area contributed by atoms with Crippen molar-refractivity contribution in [3.63, 3.8) is 0 Å². The van der Waals surface area contributed by atoms with Gasteiger partial charge in [0.2, 0.25) is 4.96 Å². The molecule has 1 aromatic carbocycles. The summed E-state index contributed by atoms with van der Waals surface area (Å²) in [5, 5.41) is 9.43. The molecular weight excluding hydrogens is 310 g/mol. The van der Waals surface area contributed by atoms with Crippen molar-refractivity contribution >= 4 is 33.1 Å². The summed E-state index contributed by atoms with van der Waals surface area (Å²) in [6.45, 7) is 4.28. The molecule has 0 bridgehead atoms. The third-order valence-electron chi connectivity index (χ3n) is 3.83. The summed E-state index contributed by atoms with van der Waals surface area (Å²) in [5.41, 5.74) is 3.39. The van der Waals surface area contributed by atoms with E-state index in [0.29, 0.717) is 12.1 Å². The van der Waals surface area contributed by atoms with E-state index >= 15 is 0 Å². The van der Waals surface area contributed by atoms with Gasteiger partial charge in [0.25, 0.3) is 5.91 Å². The summed E-state index contributed by atoms with van der Waals surface area (Å²) in [5.74, 6) is -0.109. The van der Waals surface area contributed by atoms with Crippen LogP contribution in [-0.4, -0.2) is 25.5 Å². The van der Waals surface area contributed by atoms with E-state index in [9.17, 15) is 4.79 Å². The van der Waals surface area contributed by atoms with Crippen molar-refractivity contribution < 1.29 is 4.79 Å². The summed E-state index contributed by atoms with van der Waals surface area (Å²) in [4.78, 5) is 20.8. The topological polar surface area (TPSA) is 75.1 Å². The van der Waals surface area contributed by atoms with Gasteiger partial charge in [-0.05, 0) is 37.4 Å². The third kappa shape index (κ3) is 2.39. The van der Waals surface area contributed by atoms with Crippen LogP contribution < -0.4 is 5.32 Å². The zero-order valence-electron chi connectivity index (χ0n) is 12.8. The molecule has 0 atom stereocenters. The highest BCUT2D eigenvalue weighted by atomic mass is 32.1. The summed E-state index contributed by atoms with van der Waals surface area (Å²) in [6, 6.07) is 7.61. The van der Waals surface area contributed by atoms with Crippen molar-refractivity contribution in [2.75, 3.05) is 0 Å². The normalized spacial score (nSPS) is 11.4. The number of H-pyrrole nitrogens is 1. The van der Waals surface area contributed by atoms with Gasteiger partial charge in [-0.1, -0.05) is 17.4 Å². The Morgan fingerprint density at radius 2 is 2.22 bits per heavy atom. The van der Waals surface area contributed by atoms with Gasteiger partial charge >= 0.3 is 0 Å². The molecule has 0 aliphatic carbocycles. The Morgan fingerprint density at radius 3 is 3.09 bits per heavy atom. The maximum atomic E-state index is 12.4. The molecule has 0 spiro atoms. The second-order valence-corrected chi connectivity index (χ2v) is 6.58. The second-order valence-electron chi connectivity index (χ2n) is 5.42. The molecule has 4 aromatic rings. The number of carbonyl (C=O) groups is 1. The molecule has 0 saturated carbocycles. The van der Waals surface area contributed by atoms with Crippen LogP contribution in [0.25, 0.3) is 15.9 Å². The minimum atomic E-state index is -0.109. The Balaban J connectivity index is 1.57. The highest BCUT2D eigenvalue weighted by Crippen LogP contribution is 2.18. The summed E-state index contributed by atoms with van der Waals surface area (Å²) < 4.78 is 1.81. The number of hydrogen-bond acceptors (Lipinski definition) is 4. The molecule has 7 heteroatoms. The van der Waals surface area contributed by atoms with Crippen LogP contribution in [0.15, 0.2) is 30.5 Å². The van der Waals surface area contributed by atoms with E-state index < -0.39 is 0 Å². The fourth-order valence-corrected chi connectivity index (χ4v) is 3.45. The number of amides is 1. The number of nitrogens with zero attached hydrogens (tertiary/aromatic N) is 3. The molecule has 4 rings (SSSR count). The first-order chi connectivity index (χ1) is 11.1. The van der Waals surface area contributed by atoms with Crippen LogP contribution in [-0.2, 0) is 6.54 Å². The number of aromatic amines is 1. The van der Waals surface area contributed by atoms with E-state index in [1.807, 2.05) is 48.8 Å². The standard InChI is InChI=1S/C16H15N5OS/c1-9-14(21-16(19-9)23-10(2)20-21)8-18-15(22)12-4-3-11-5-6-17-13(11)7-12/h3-7,17H,8H2,1-2H3,(H,18,22). The minimum absolute atomic E-state index is 0.109. The molecule has 3 aromatic heterocycles. The third-order valence-corrected chi connectivity index (χ3v) is 4.66. The minimum Gasteiger partial charge on any atom is -0.361 e. The van der Waals surface area contributed by atoms with E-state index in [-0.39, 0.29) is 5.91 Å². The van der Waals surface area contributed by atoms with Gasteiger partial charge in [0.15, 0.2) is 0 Å². The van der Waals surface area contributed by atoms with Crippen LogP contribution in [0.2, 0.25) is 0 Å². The molecule has 2 N–H and O–H groups in total. The number of nitrogens with one attached hydrogen (secondary N) is 2. The van der Waals surface area contributed by atoms with Crippen LogP contribution in [0.1, 0.15) is 26.8 Å². The Kier molecular flexibility index (Phi) is 3.16. The monoisotopic (exact) mass is 325 g/mol. The number of aryl methyl sites for hydroxylation is 2. The molecule has 0 unspecified atom stereocenters. The molecule has 6 nitrogen and oxygen atoms in total. The van der Waals surface area contributed by atoms with Crippen LogP contribution in [0.3, 0.4) is 0 Å². The molecule has 0 aliphatic heterocycles. The van der Waals surface area contributed by atoms with Crippen molar-refractivity contribution in [3.8, 4) is 0 Å². The predicted octanol–water partition coefficient (Wildman–Crippen LogP) is 2.82. The largest absolute Gasteiger partial charge is 0.361 e. The number of rotatable bonds is 3. The molecule has 1 amide bonds. The summed E-state index contributed by atoms with van der Waals surface area (Å²) >= 11 is 1.54. The first kappa shape index (κ1) is 14.0. The van der Waals surface area contributed by atoms with E-state index in [1.54, 1.807) is 11.3 Å². The van der Waals surface area contributed by atoms with E-state index in [1.165, 1.54) is 0 Å². The molecule has 0 saturated heterocycles. The molecular formula is C16H15N5OS. The first-order valence-corrected chi connectivity index (χ1v) is 8.10. The van der Waals surface area contributed by atoms with E-state index in [4.69, 9.17) is 0 Å². The van der Waals surface area contributed by atoms with Crippen LogP contribution >= 0.6 is 11.3 Å². The van der Waals surface area contributed by atoms with Crippen LogP contribution in [0.4, 0.5) is 0 Å². The highest BCUT2D eigenvalue weighted by molar-refractivity contribution is 7.16. The molecule has 0 radical (unpaired) electrons. The van der Waals surface area contributed by atoms with Crippen molar-refractivity contribution in [2.24, 2.45) is 0 Å². The number of carbonyl (C=O) groups excluding carboxylic acids is 1. The number of imidazole rings is 1. The van der Waals surface area contributed by atoms with Gasteiger partial charge in [0, 0.05) is 17.3 Å². The van der Waals surface area contributed by atoms with Crippen molar-refractivity contribution in [2.45, 2.75) is 20.4 Å². The smallest absolute Gasteiger partial charge is 0.251 e. The van der Waals surface area contributed by atoms with Gasteiger partial charge < -0.3 is 10.3 Å². The Morgan fingerprint density at radius 1 is 1.35 bits per heavy atom. The fraction of sp³-hybridized carbons (Fsp3) is 0.188.